The number of H-pyrrole nitrogens is 1. The van der Waals surface area contributed by atoms with Gasteiger partial charge in [0.25, 0.3) is 0 Å². The maximum absolute atomic E-state index is 13.3. The SMILES string of the molecule is CC(=O)C1=C(O)C2C(C1)C(=O)N1C2c2c[nH]c3cccc(c23)C1(C)C. The molecule has 2 aromatic rings. The smallest absolute Gasteiger partial charge is 0.228 e. The van der Waals surface area contributed by atoms with Gasteiger partial charge in [0.15, 0.2) is 5.78 Å². The van der Waals surface area contributed by atoms with Gasteiger partial charge in [-0.15, -0.1) is 0 Å². The first kappa shape index (κ1) is 14.8. The second-order valence-corrected chi connectivity index (χ2v) is 7.94. The number of carbonyl (C=O) groups excluding carboxylic acids is 2. The summed E-state index contributed by atoms with van der Waals surface area (Å²) < 4.78 is 0. The van der Waals surface area contributed by atoms with Crippen LogP contribution < -0.4 is 0 Å². The first-order valence-electron chi connectivity index (χ1n) is 8.70. The van der Waals surface area contributed by atoms with Crippen LogP contribution in [0.15, 0.2) is 35.7 Å². The van der Waals surface area contributed by atoms with Crippen LogP contribution in [0.25, 0.3) is 10.9 Å². The topological polar surface area (TPSA) is 73.4 Å². The average Bonchev–Trinajstić information content (AvgIpc) is 3.19. The molecule has 5 rings (SSSR count). The third kappa shape index (κ3) is 1.54. The van der Waals surface area contributed by atoms with Crippen molar-refractivity contribution < 1.29 is 14.7 Å². The van der Waals surface area contributed by atoms with E-state index in [0.29, 0.717) is 12.0 Å². The quantitative estimate of drug-likeness (QED) is 0.839. The van der Waals surface area contributed by atoms with Crippen molar-refractivity contribution in [1.29, 1.82) is 0 Å². The van der Waals surface area contributed by atoms with Gasteiger partial charge in [-0.25, -0.2) is 0 Å². The number of aliphatic hydroxyl groups is 1. The molecule has 1 fully saturated rings. The van der Waals surface area contributed by atoms with Crippen molar-refractivity contribution in [3.63, 3.8) is 0 Å². The molecule has 3 unspecified atom stereocenters. The molecule has 5 heteroatoms. The van der Waals surface area contributed by atoms with Gasteiger partial charge in [0, 0.05) is 28.2 Å². The fourth-order valence-electron chi connectivity index (χ4n) is 5.29. The fourth-order valence-corrected chi connectivity index (χ4v) is 5.29. The Morgan fingerprint density at radius 3 is 2.84 bits per heavy atom. The fraction of sp³-hybridized carbons (Fsp3) is 0.400. The molecule has 1 aromatic carbocycles. The van der Waals surface area contributed by atoms with Crippen molar-refractivity contribution in [2.75, 3.05) is 0 Å². The maximum atomic E-state index is 13.3. The highest BCUT2D eigenvalue weighted by Gasteiger charge is 2.60. The number of nitrogens with one attached hydrogen (secondary N) is 1. The second kappa shape index (κ2) is 4.34. The molecule has 0 bridgehead atoms. The van der Waals surface area contributed by atoms with Crippen LogP contribution in [-0.2, 0) is 15.1 Å². The Morgan fingerprint density at radius 2 is 2.12 bits per heavy atom. The van der Waals surface area contributed by atoms with E-state index >= 15 is 0 Å². The van der Waals surface area contributed by atoms with E-state index in [-0.39, 0.29) is 35.3 Å². The molecule has 128 valence electrons. The zero-order chi connectivity index (χ0) is 17.7. The summed E-state index contributed by atoms with van der Waals surface area (Å²) in [4.78, 5) is 30.4. The predicted molar refractivity (Wildman–Crippen MR) is 92.8 cm³/mol. The van der Waals surface area contributed by atoms with Gasteiger partial charge in [0.05, 0.1) is 23.4 Å². The number of aromatic amines is 1. The molecular formula is C20H20N2O3. The molecule has 3 aliphatic rings. The van der Waals surface area contributed by atoms with E-state index in [2.05, 4.69) is 24.9 Å². The Balaban J connectivity index is 1.80. The Kier molecular flexibility index (Phi) is 2.56. The van der Waals surface area contributed by atoms with E-state index in [1.54, 1.807) is 0 Å². The number of aliphatic hydroxyl groups excluding tert-OH is 1. The molecular weight excluding hydrogens is 316 g/mol. The number of ketones is 1. The number of aromatic nitrogens is 1. The lowest BCUT2D eigenvalue weighted by Gasteiger charge is -2.45. The molecule has 3 heterocycles. The first-order chi connectivity index (χ1) is 11.8. The van der Waals surface area contributed by atoms with Crippen molar-refractivity contribution in [2.45, 2.75) is 38.8 Å². The zero-order valence-electron chi connectivity index (χ0n) is 14.5. The third-order valence-electron chi connectivity index (χ3n) is 6.40. The van der Waals surface area contributed by atoms with E-state index in [1.807, 2.05) is 23.2 Å². The lowest BCUT2D eigenvalue weighted by atomic mass is 9.79. The number of allylic oxidation sites excluding steroid dienone is 1. The van der Waals surface area contributed by atoms with Gasteiger partial charge in [-0.1, -0.05) is 12.1 Å². The largest absolute Gasteiger partial charge is 0.511 e. The number of rotatable bonds is 1. The van der Waals surface area contributed by atoms with Crippen molar-refractivity contribution in [1.82, 2.24) is 9.88 Å². The second-order valence-electron chi connectivity index (χ2n) is 7.94. The zero-order valence-corrected chi connectivity index (χ0v) is 14.5. The summed E-state index contributed by atoms with van der Waals surface area (Å²) >= 11 is 0. The molecule has 1 aromatic heterocycles. The van der Waals surface area contributed by atoms with Gasteiger partial charge >= 0.3 is 0 Å². The molecule has 5 nitrogen and oxygen atoms in total. The number of nitrogens with zero attached hydrogens (tertiary/aromatic N) is 1. The standard InChI is InChI=1S/C20H20N2O3/c1-9(23)10-7-11-16(18(10)24)17-12-8-21-14-6-4-5-13(15(12)14)20(2,3)22(17)19(11)25/h4-6,8,11,16-17,21,24H,7H2,1-3H3. The summed E-state index contributed by atoms with van der Waals surface area (Å²) in [5, 5.41) is 11.9. The van der Waals surface area contributed by atoms with Crippen molar-refractivity contribution in [2.24, 2.45) is 11.8 Å². The van der Waals surface area contributed by atoms with Gasteiger partial charge in [0.1, 0.15) is 5.76 Å². The van der Waals surface area contributed by atoms with Gasteiger partial charge in [-0.2, -0.15) is 0 Å². The minimum atomic E-state index is -0.461. The Labute approximate surface area is 145 Å². The normalized spacial score (nSPS) is 29.3. The maximum Gasteiger partial charge on any atom is 0.228 e. The van der Waals surface area contributed by atoms with Crippen LogP contribution >= 0.6 is 0 Å². The van der Waals surface area contributed by atoms with E-state index < -0.39 is 5.54 Å². The molecule has 25 heavy (non-hydrogen) atoms. The van der Waals surface area contributed by atoms with Gasteiger partial charge in [-0.3, -0.25) is 9.59 Å². The number of hydrogen-bond donors (Lipinski definition) is 2. The number of benzene rings is 1. The predicted octanol–water partition coefficient (Wildman–Crippen LogP) is 3.34. The molecule has 1 aliphatic carbocycles. The van der Waals surface area contributed by atoms with Gasteiger partial charge < -0.3 is 15.0 Å². The van der Waals surface area contributed by atoms with Crippen LogP contribution in [-0.4, -0.2) is 26.7 Å². The lowest BCUT2D eigenvalue weighted by molar-refractivity contribution is -0.137. The average molecular weight is 336 g/mol. The highest BCUT2D eigenvalue weighted by Crippen LogP contribution is 2.59. The van der Waals surface area contributed by atoms with Crippen LogP contribution in [0, 0.1) is 11.8 Å². The highest BCUT2D eigenvalue weighted by atomic mass is 16.3. The van der Waals surface area contributed by atoms with Crippen LogP contribution in [0.5, 0.6) is 0 Å². The van der Waals surface area contributed by atoms with Crippen LogP contribution in [0.1, 0.15) is 44.4 Å². The number of Topliss-reactive ketones (excluding diaryl/α,β-unsaturated/α-hetero) is 1. The number of fused-ring (bicyclic) bond motifs is 4. The van der Waals surface area contributed by atoms with Crippen molar-refractivity contribution in [3.05, 3.63) is 46.9 Å². The monoisotopic (exact) mass is 336 g/mol. The number of amides is 1. The molecule has 0 saturated carbocycles. The number of hydrogen-bond acceptors (Lipinski definition) is 3. The molecule has 0 radical (unpaired) electrons. The van der Waals surface area contributed by atoms with Crippen molar-refractivity contribution in [3.8, 4) is 0 Å². The minimum absolute atomic E-state index is 0.0339. The van der Waals surface area contributed by atoms with E-state index in [4.69, 9.17) is 0 Å². The Hall–Kier alpha value is -2.56. The van der Waals surface area contributed by atoms with Crippen LogP contribution in [0.4, 0.5) is 0 Å². The van der Waals surface area contributed by atoms with E-state index in [1.165, 1.54) is 6.92 Å². The Morgan fingerprint density at radius 1 is 1.36 bits per heavy atom. The molecule has 3 atom stereocenters. The summed E-state index contributed by atoms with van der Waals surface area (Å²) in [5.74, 6) is -0.670. The summed E-state index contributed by atoms with van der Waals surface area (Å²) in [6.07, 6.45) is 2.30. The molecule has 0 spiro atoms. The molecule has 1 amide bonds. The summed E-state index contributed by atoms with van der Waals surface area (Å²) in [5.41, 5.74) is 3.18. The van der Waals surface area contributed by atoms with E-state index in [0.717, 1.165) is 22.0 Å². The summed E-state index contributed by atoms with van der Waals surface area (Å²) in [7, 11) is 0. The van der Waals surface area contributed by atoms with Crippen LogP contribution in [0.2, 0.25) is 0 Å². The number of carbonyl (C=O) groups is 2. The van der Waals surface area contributed by atoms with Gasteiger partial charge in [-0.05, 0) is 38.8 Å². The van der Waals surface area contributed by atoms with Crippen molar-refractivity contribution >= 4 is 22.6 Å². The molecule has 2 aliphatic heterocycles. The van der Waals surface area contributed by atoms with Gasteiger partial charge in [0.2, 0.25) is 5.91 Å². The first-order valence-corrected chi connectivity index (χ1v) is 8.70. The highest BCUT2D eigenvalue weighted by molar-refractivity contribution is 5.99. The van der Waals surface area contributed by atoms with Crippen LogP contribution in [0.3, 0.4) is 0 Å². The third-order valence-corrected chi connectivity index (χ3v) is 6.40. The molecule has 1 saturated heterocycles. The summed E-state index contributed by atoms with van der Waals surface area (Å²) in [6.45, 7) is 5.59. The molecule has 2 N–H and O–H groups in total. The van der Waals surface area contributed by atoms with E-state index in [9.17, 15) is 14.7 Å². The minimum Gasteiger partial charge on any atom is -0.511 e. The Bertz CT molecular complexity index is 998. The lowest BCUT2D eigenvalue weighted by Crippen LogP contribution is -2.47. The summed E-state index contributed by atoms with van der Waals surface area (Å²) in [6, 6.07) is 5.89.